The average Bonchev–Trinajstić information content (AvgIpc) is 2.70. The maximum Gasteiger partial charge on any atom is 0.235 e. The number of Topliss-reactive ketones (excluding diaryl/α,β-unsaturated/α-hetero) is 4. The van der Waals surface area contributed by atoms with Gasteiger partial charge in [-0.05, 0) is 50.6 Å². The van der Waals surface area contributed by atoms with Crippen LogP contribution >= 0.6 is 0 Å². The second kappa shape index (κ2) is 7.46. The minimum Gasteiger partial charge on any atom is -0.507 e. The zero-order valence-electron chi connectivity index (χ0n) is 18.9. The molecule has 10 nitrogen and oxygen atoms in total. The van der Waals surface area contributed by atoms with E-state index in [1.807, 2.05) is 0 Å². The number of carbonyl (C=O) groups excluding carboxylic acids is 5. The molecule has 1 aromatic rings. The molecule has 0 heterocycles. The van der Waals surface area contributed by atoms with Crippen molar-refractivity contribution in [1.82, 2.24) is 4.90 Å². The fourth-order valence-corrected chi connectivity index (χ4v) is 6.01. The largest absolute Gasteiger partial charge is 0.507 e. The van der Waals surface area contributed by atoms with Gasteiger partial charge in [0.1, 0.15) is 5.75 Å². The number of primary amides is 1. The molecule has 2 saturated carbocycles. The Bertz CT molecular complexity index is 1110. The van der Waals surface area contributed by atoms with Crippen LogP contribution in [0.25, 0.3) is 0 Å². The van der Waals surface area contributed by atoms with E-state index in [0.717, 1.165) is 0 Å². The Morgan fingerprint density at radius 1 is 1.09 bits per heavy atom. The van der Waals surface area contributed by atoms with E-state index in [2.05, 4.69) is 0 Å². The minimum absolute atomic E-state index is 0.00667. The molecule has 6 unspecified atom stereocenters. The smallest absolute Gasteiger partial charge is 0.235 e. The van der Waals surface area contributed by atoms with Gasteiger partial charge in [0.25, 0.3) is 0 Å². The van der Waals surface area contributed by atoms with Crippen molar-refractivity contribution in [2.45, 2.75) is 24.5 Å². The Morgan fingerprint density at radius 2 is 1.73 bits per heavy atom. The molecule has 0 saturated heterocycles. The van der Waals surface area contributed by atoms with Crippen LogP contribution in [0.2, 0.25) is 0 Å². The SMILES string of the molecule is CN(C)c1ccc(O)c2c1CC1CC3C(N(C)C)C(=O)C(C(N)=O)C(=O)C3(O)C(=O)C1C2=O. The summed E-state index contributed by atoms with van der Waals surface area (Å²) < 4.78 is 0. The number of nitrogens with zero attached hydrogens (tertiary/aromatic N) is 2. The molecular weight excluding hydrogens is 430 g/mol. The molecule has 6 atom stereocenters. The highest BCUT2D eigenvalue weighted by Gasteiger charge is 2.69. The van der Waals surface area contributed by atoms with Crippen LogP contribution in [-0.2, 0) is 25.6 Å². The summed E-state index contributed by atoms with van der Waals surface area (Å²) in [6, 6.07) is 1.94. The molecule has 1 aromatic carbocycles. The first-order valence-corrected chi connectivity index (χ1v) is 10.7. The van der Waals surface area contributed by atoms with Crippen LogP contribution < -0.4 is 10.6 Å². The van der Waals surface area contributed by atoms with Gasteiger partial charge >= 0.3 is 0 Å². The summed E-state index contributed by atoms with van der Waals surface area (Å²) in [5, 5.41) is 21.9. The van der Waals surface area contributed by atoms with Crippen molar-refractivity contribution in [2.75, 3.05) is 33.1 Å². The lowest BCUT2D eigenvalue weighted by Crippen LogP contribution is -2.74. The second-order valence-electron chi connectivity index (χ2n) is 9.64. The number of benzene rings is 1. The molecule has 3 aliphatic carbocycles. The van der Waals surface area contributed by atoms with Crippen LogP contribution in [0.5, 0.6) is 5.75 Å². The van der Waals surface area contributed by atoms with Crippen molar-refractivity contribution in [3.8, 4) is 5.75 Å². The highest BCUT2D eigenvalue weighted by Crippen LogP contribution is 2.51. The average molecular weight is 457 g/mol. The number of anilines is 1. The molecule has 0 aliphatic heterocycles. The fourth-order valence-electron chi connectivity index (χ4n) is 6.01. The van der Waals surface area contributed by atoms with Gasteiger partial charge in [0.2, 0.25) is 5.91 Å². The Morgan fingerprint density at radius 3 is 2.27 bits per heavy atom. The number of phenolic OH excluding ortho intramolecular Hbond substituents is 1. The predicted molar refractivity (Wildman–Crippen MR) is 116 cm³/mol. The van der Waals surface area contributed by atoms with E-state index in [1.165, 1.54) is 11.0 Å². The maximum atomic E-state index is 13.7. The van der Waals surface area contributed by atoms with Crippen molar-refractivity contribution in [3.63, 3.8) is 0 Å². The van der Waals surface area contributed by atoms with Crippen molar-refractivity contribution in [3.05, 3.63) is 23.3 Å². The normalized spacial score (nSPS) is 33.5. The quantitative estimate of drug-likeness (QED) is 0.481. The molecule has 0 spiro atoms. The predicted octanol–water partition coefficient (Wildman–Crippen LogP) is -1.07. The lowest BCUT2D eigenvalue weighted by molar-refractivity contribution is -0.181. The van der Waals surface area contributed by atoms with Crippen LogP contribution in [-0.4, -0.2) is 84.0 Å². The Kier molecular flexibility index (Phi) is 5.21. The number of hydrogen-bond donors (Lipinski definition) is 3. The Balaban J connectivity index is 1.89. The molecule has 4 N–H and O–H groups in total. The van der Waals surface area contributed by atoms with E-state index in [9.17, 15) is 34.2 Å². The summed E-state index contributed by atoms with van der Waals surface area (Å²) in [5.41, 5.74) is 3.87. The molecular formula is C23H27N3O7. The van der Waals surface area contributed by atoms with E-state index in [-0.39, 0.29) is 24.2 Å². The molecule has 3 aliphatic rings. The Labute approximate surface area is 190 Å². The molecule has 10 heteroatoms. The summed E-state index contributed by atoms with van der Waals surface area (Å²) >= 11 is 0. The first-order chi connectivity index (χ1) is 15.3. The molecule has 0 radical (unpaired) electrons. The van der Waals surface area contributed by atoms with Gasteiger partial charge in [-0.25, -0.2) is 0 Å². The maximum absolute atomic E-state index is 13.7. The number of ketones is 4. The summed E-state index contributed by atoms with van der Waals surface area (Å²) in [4.78, 5) is 68.6. The van der Waals surface area contributed by atoms with Gasteiger partial charge in [-0.2, -0.15) is 0 Å². The van der Waals surface area contributed by atoms with Gasteiger partial charge in [-0.1, -0.05) is 0 Å². The monoisotopic (exact) mass is 457 g/mol. The van der Waals surface area contributed by atoms with Crippen LogP contribution in [0.15, 0.2) is 12.1 Å². The molecule has 33 heavy (non-hydrogen) atoms. The number of hydrogen-bond acceptors (Lipinski definition) is 9. The molecule has 1 amide bonds. The number of rotatable bonds is 3. The number of aliphatic hydroxyl groups is 1. The molecule has 0 bridgehead atoms. The second-order valence-corrected chi connectivity index (χ2v) is 9.64. The first kappa shape index (κ1) is 23.1. The standard InChI is InChI=1S/C23H27N3O7/c1-25(2)12-5-6-13(27)15-10(12)7-9-8-11-17(26(3)4)19(29)16(22(24)32)21(31)23(11,33)20(30)14(9)18(15)28/h5-6,9,11,14,16-17,27,33H,7-8H2,1-4H3,(H2,24,32). The van der Waals surface area contributed by atoms with Crippen molar-refractivity contribution in [1.29, 1.82) is 0 Å². The molecule has 176 valence electrons. The number of phenols is 1. The van der Waals surface area contributed by atoms with Gasteiger partial charge in [-0.3, -0.25) is 28.9 Å². The summed E-state index contributed by atoms with van der Waals surface area (Å²) in [7, 11) is 6.69. The molecule has 4 rings (SSSR count). The van der Waals surface area contributed by atoms with E-state index < -0.39 is 64.4 Å². The third-order valence-electron chi connectivity index (χ3n) is 7.40. The van der Waals surface area contributed by atoms with Crippen molar-refractivity contribution in [2.24, 2.45) is 29.4 Å². The number of carbonyl (C=O) groups is 5. The lowest BCUT2D eigenvalue weighted by atomic mass is 9.52. The third-order valence-corrected chi connectivity index (χ3v) is 7.40. The van der Waals surface area contributed by atoms with Gasteiger partial charge in [0.05, 0.1) is 17.5 Å². The number of aromatic hydroxyl groups is 1. The summed E-state index contributed by atoms with van der Waals surface area (Å²) in [6.45, 7) is 0. The Hall–Kier alpha value is -3.11. The summed E-state index contributed by atoms with van der Waals surface area (Å²) in [5.74, 6) is -10.3. The van der Waals surface area contributed by atoms with E-state index in [0.29, 0.717) is 11.3 Å². The molecule has 0 aromatic heterocycles. The van der Waals surface area contributed by atoms with Gasteiger partial charge < -0.3 is 20.8 Å². The van der Waals surface area contributed by atoms with Crippen molar-refractivity contribution >= 4 is 34.7 Å². The number of amides is 1. The third kappa shape index (κ3) is 2.97. The highest BCUT2D eigenvalue weighted by molar-refractivity contribution is 6.32. The van der Waals surface area contributed by atoms with Gasteiger partial charge in [0, 0.05) is 25.7 Å². The lowest BCUT2D eigenvalue weighted by Gasteiger charge is -2.52. The van der Waals surface area contributed by atoms with Crippen LogP contribution in [0.3, 0.4) is 0 Å². The zero-order valence-corrected chi connectivity index (χ0v) is 18.9. The first-order valence-electron chi connectivity index (χ1n) is 10.7. The number of fused-ring (bicyclic) bond motifs is 3. The number of nitrogens with two attached hydrogens (primary N) is 1. The van der Waals surface area contributed by atoms with Gasteiger partial charge in [0.15, 0.2) is 34.7 Å². The molecule has 2 fully saturated rings. The fraction of sp³-hybridized carbons (Fsp3) is 0.522. The zero-order chi connectivity index (χ0) is 24.6. The van der Waals surface area contributed by atoms with Crippen molar-refractivity contribution < 1.29 is 34.2 Å². The van der Waals surface area contributed by atoms with Crippen LogP contribution in [0.4, 0.5) is 5.69 Å². The summed E-state index contributed by atoms with van der Waals surface area (Å²) in [6.07, 6.45) is 0.278. The van der Waals surface area contributed by atoms with E-state index in [1.54, 1.807) is 39.2 Å². The minimum atomic E-state index is -2.70. The topological polar surface area (TPSA) is 158 Å². The van der Waals surface area contributed by atoms with E-state index in [4.69, 9.17) is 5.73 Å². The van der Waals surface area contributed by atoms with Crippen LogP contribution in [0.1, 0.15) is 22.3 Å². The van der Waals surface area contributed by atoms with Crippen LogP contribution in [0, 0.1) is 23.7 Å². The van der Waals surface area contributed by atoms with E-state index >= 15 is 0 Å². The van der Waals surface area contributed by atoms with Gasteiger partial charge in [-0.15, -0.1) is 0 Å². The number of likely N-dealkylation sites (N-methyl/N-ethyl adjacent to an activating group) is 1. The highest BCUT2D eigenvalue weighted by atomic mass is 16.3.